The first-order valence-electron chi connectivity index (χ1n) is 11.3. The zero-order valence-corrected chi connectivity index (χ0v) is 20.5. The molecule has 1 aliphatic rings. The summed E-state index contributed by atoms with van der Waals surface area (Å²) in [6.45, 7) is -0.638. The van der Waals surface area contributed by atoms with E-state index in [1.54, 1.807) is 12.1 Å². The molecule has 0 saturated carbocycles. The molecule has 2 amide bonds. The molecule has 1 fully saturated rings. The Hall–Kier alpha value is -3.31. The molecule has 1 unspecified atom stereocenters. The van der Waals surface area contributed by atoms with E-state index in [1.165, 1.54) is 31.4 Å². The van der Waals surface area contributed by atoms with Gasteiger partial charge in [0, 0.05) is 19.2 Å². The highest BCUT2D eigenvalue weighted by Crippen LogP contribution is 2.29. The number of alkyl halides is 2. The smallest absolute Gasteiger partial charge is 0.405 e. The second-order valence-electron chi connectivity index (χ2n) is 8.40. The third kappa shape index (κ3) is 7.59. The first-order chi connectivity index (χ1) is 17.2. The van der Waals surface area contributed by atoms with Crippen LogP contribution in [0.15, 0.2) is 36.4 Å². The van der Waals surface area contributed by atoms with Crippen LogP contribution in [0.25, 0.3) is 0 Å². The maximum Gasteiger partial charge on any atom is 0.405 e. The largest absolute Gasteiger partial charge is 0.496 e. The van der Waals surface area contributed by atoms with Gasteiger partial charge < -0.3 is 31.0 Å². The number of likely N-dealkylation sites (tertiary alicyclic amines) is 1. The fraction of sp³-hybridized carbons (Fsp3) is 0.417. The number of nitrogens with two attached hydrogens (primary N) is 2. The minimum absolute atomic E-state index is 0.00773. The molecule has 1 aliphatic heterocycles. The van der Waals surface area contributed by atoms with Gasteiger partial charge in [0.1, 0.15) is 17.6 Å². The van der Waals surface area contributed by atoms with Gasteiger partial charge >= 0.3 is 12.7 Å². The van der Waals surface area contributed by atoms with Crippen LogP contribution in [0.2, 0.25) is 5.02 Å². The highest BCUT2D eigenvalue weighted by atomic mass is 35.5. The van der Waals surface area contributed by atoms with E-state index in [-0.39, 0.29) is 17.6 Å². The van der Waals surface area contributed by atoms with Gasteiger partial charge in [-0.2, -0.15) is 8.78 Å². The molecular formula is C24H29ClF2N4O5. The van der Waals surface area contributed by atoms with Crippen molar-refractivity contribution in [1.82, 2.24) is 10.2 Å². The predicted octanol–water partition coefficient (Wildman–Crippen LogP) is 3.81. The lowest BCUT2D eigenvalue weighted by molar-refractivity contribution is -0.0498. The summed E-state index contributed by atoms with van der Waals surface area (Å²) in [5.41, 5.74) is 12.3. The molecule has 5 N–H and O–H groups in total. The molecule has 1 atom stereocenters. The highest BCUT2D eigenvalue weighted by molar-refractivity contribution is 6.33. The SMILES string of the molecule is COc1cc(Cl)c(N)cc1C(=O)NCC1CCN(CC(OC(N)=O)c2ccc(OC(F)F)cc2)CC1. The van der Waals surface area contributed by atoms with Crippen LogP contribution >= 0.6 is 11.6 Å². The standard InChI is InChI=1S/C24H29ClF2N4O5/c1-34-20-11-18(25)19(28)10-17(20)22(32)30-12-14-6-8-31(9-7-14)13-21(36-24(29)33)15-2-4-16(5-3-15)35-23(26)27/h2-5,10-11,14,21,23H,6-9,12-13,28H2,1H3,(H2,29,33)(H,30,32). The number of primary amides is 1. The predicted molar refractivity (Wildman–Crippen MR) is 130 cm³/mol. The Bertz CT molecular complexity index is 1050. The highest BCUT2D eigenvalue weighted by Gasteiger charge is 2.25. The van der Waals surface area contributed by atoms with Gasteiger partial charge in [-0.3, -0.25) is 9.69 Å². The summed E-state index contributed by atoms with van der Waals surface area (Å²) in [4.78, 5) is 26.2. The van der Waals surface area contributed by atoms with Crippen LogP contribution in [0.1, 0.15) is 34.9 Å². The van der Waals surface area contributed by atoms with Crippen LogP contribution in [0.4, 0.5) is 19.3 Å². The lowest BCUT2D eigenvalue weighted by Gasteiger charge is -2.34. The Labute approximate surface area is 212 Å². The van der Waals surface area contributed by atoms with Crippen molar-refractivity contribution in [1.29, 1.82) is 0 Å². The molecule has 0 radical (unpaired) electrons. The summed E-state index contributed by atoms with van der Waals surface area (Å²) in [5.74, 6) is 0.304. The normalized spacial score (nSPS) is 15.4. The average Bonchev–Trinajstić information content (AvgIpc) is 2.84. The molecule has 0 bridgehead atoms. The number of halogens is 3. The Balaban J connectivity index is 1.52. The summed E-state index contributed by atoms with van der Waals surface area (Å²) in [6, 6.07) is 8.89. The van der Waals surface area contributed by atoms with Crippen LogP contribution in [0, 0.1) is 5.92 Å². The summed E-state index contributed by atoms with van der Waals surface area (Å²) < 4.78 is 39.7. The lowest BCUT2D eigenvalue weighted by atomic mass is 9.96. The van der Waals surface area contributed by atoms with Gasteiger partial charge in [-0.1, -0.05) is 23.7 Å². The van der Waals surface area contributed by atoms with Crippen molar-refractivity contribution in [2.75, 3.05) is 39.0 Å². The van der Waals surface area contributed by atoms with Crippen LogP contribution in [-0.4, -0.2) is 56.8 Å². The van der Waals surface area contributed by atoms with Gasteiger partial charge in [0.25, 0.3) is 5.91 Å². The van der Waals surface area contributed by atoms with Crippen molar-refractivity contribution in [3.63, 3.8) is 0 Å². The van der Waals surface area contributed by atoms with Gasteiger partial charge in [-0.25, -0.2) is 4.79 Å². The second-order valence-corrected chi connectivity index (χ2v) is 8.81. The summed E-state index contributed by atoms with van der Waals surface area (Å²) >= 11 is 6.00. The Morgan fingerprint density at radius 3 is 2.44 bits per heavy atom. The quantitative estimate of drug-likeness (QED) is 0.401. The number of nitrogen functional groups attached to an aromatic ring is 1. The van der Waals surface area contributed by atoms with Crippen molar-refractivity contribution >= 4 is 29.3 Å². The Morgan fingerprint density at radius 1 is 1.19 bits per heavy atom. The Morgan fingerprint density at radius 2 is 1.86 bits per heavy atom. The van der Waals surface area contributed by atoms with Gasteiger partial charge in [0.2, 0.25) is 0 Å². The van der Waals surface area contributed by atoms with E-state index in [9.17, 15) is 18.4 Å². The molecule has 36 heavy (non-hydrogen) atoms. The summed E-state index contributed by atoms with van der Waals surface area (Å²) in [6.07, 6.45) is 0.0286. The number of nitrogens with one attached hydrogen (secondary N) is 1. The first kappa shape index (κ1) is 27.3. The number of carbonyl (C=O) groups is 2. The number of hydrogen-bond donors (Lipinski definition) is 3. The van der Waals surface area contributed by atoms with Crippen LogP contribution < -0.4 is 26.3 Å². The van der Waals surface area contributed by atoms with E-state index >= 15 is 0 Å². The number of anilines is 1. The molecule has 196 valence electrons. The molecule has 9 nitrogen and oxygen atoms in total. The van der Waals surface area contributed by atoms with Gasteiger partial charge in [0.15, 0.2) is 0 Å². The number of piperidine rings is 1. The van der Waals surface area contributed by atoms with Crippen LogP contribution in [0.3, 0.4) is 0 Å². The number of benzene rings is 2. The zero-order chi connectivity index (χ0) is 26.2. The molecular weight excluding hydrogens is 498 g/mol. The zero-order valence-electron chi connectivity index (χ0n) is 19.7. The van der Waals surface area contributed by atoms with Gasteiger partial charge in [-0.05, 0) is 55.6 Å². The molecule has 0 aromatic heterocycles. The third-order valence-electron chi connectivity index (χ3n) is 5.98. The van der Waals surface area contributed by atoms with Gasteiger partial charge in [0.05, 0.1) is 23.4 Å². The van der Waals surface area contributed by atoms with E-state index in [4.69, 9.17) is 32.5 Å². The fourth-order valence-electron chi connectivity index (χ4n) is 4.07. The first-order valence-corrected chi connectivity index (χ1v) is 11.7. The summed E-state index contributed by atoms with van der Waals surface area (Å²) in [7, 11) is 1.45. The Kier molecular flexibility index (Phi) is 9.54. The molecule has 0 spiro atoms. The number of methoxy groups -OCH3 is 1. The number of ether oxygens (including phenoxy) is 3. The van der Waals surface area contributed by atoms with Crippen molar-refractivity contribution < 1.29 is 32.6 Å². The van der Waals surface area contributed by atoms with E-state index in [0.717, 1.165) is 12.8 Å². The fourth-order valence-corrected chi connectivity index (χ4v) is 4.23. The van der Waals surface area contributed by atoms with Crippen molar-refractivity contribution in [2.45, 2.75) is 25.6 Å². The topological polar surface area (TPSA) is 129 Å². The van der Waals surface area contributed by atoms with Crippen LogP contribution in [0.5, 0.6) is 11.5 Å². The molecule has 1 heterocycles. The number of hydrogen-bond acceptors (Lipinski definition) is 7. The molecule has 3 rings (SSSR count). The molecule has 12 heteroatoms. The van der Waals surface area contributed by atoms with Crippen molar-refractivity contribution in [3.8, 4) is 11.5 Å². The molecule has 1 saturated heterocycles. The van der Waals surface area contributed by atoms with E-state index < -0.39 is 18.8 Å². The van der Waals surface area contributed by atoms with Crippen molar-refractivity contribution in [3.05, 3.63) is 52.5 Å². The maximum atomic E-state index is 12.7. The second kappa shape index (κ2) is 12.6. The van der Waals surface area contributed by atoms with Crippen molar-refractivity contribution in [2.24, 2.45) is 11.7 Å². The van der Waals surface area contributed by atoms with E-state index in [0.29, 0.717) is 53.8 Å². The average molecular weight is 527 g/mol. The summed E-state index contributed by atoms with van der Waals surface area (Å²) in [5, 5.41) is 3.24. The minimum Gasteiger partial charge on any atom is -0.496 e. The van der Waals surface area contributed by atoms with E-state index in [1.807, 2.05) is 0 Å². The molecule has 2 aromatic rings. The van der Waals surface area contributed by atoms with E-state index in [2.05, 4.69) is 15.0 Å². The van der Waals surface area contributed by atoms with Gasteiger partial charge in [-0.15, -0.1) is 0 Å². The van der Waals surface area contributed by atoms with Crippen LogP contribution in [-0.2, 0) is 4.74 Å². The number of rotatable bonds is 10. The third-order valence-corrected chi connectivity index (χ3v) is 6.31. The lowest BCUT2D eigenvalue weighted by Crippen LogP contribution is -2.41. The monoisotopic (exact) mass is 526 g/mol. The minimum atomic E-state index is -2.93. The molecule has 0 aliphatic carbocycles. The molecule has 2 aromatic carbocycles. The number of amides is 2. The number of nitrogens with zero attached hydrogens (tertiary/aromatic N) is 1. The number of carbonyl (C=O) groups excluding carboxylic acids is 2. The maximum absolute atomic E-state index is 12.7.